The summed E-state index contributed by atoms with van der Waals surface area (Å²) in [4.78, 5) is 4.57. The minimum Gasteiger partial charge on any atom is -0.365 e. The summed E-state index contributed by atoms with van der Waals surface area (Å²) in [5.41, 5.74) is 1.55. The molecule has 0 aliphatic rings. The van der Waals surface area contributed by atoms with Gasteiger partial charge < -0.3 is 5.32 Å². The number of benzene rings is 1. The first-order valence-electron chi connectivity index (χ1n) is 8.17. The van der Waals surface area contributed by atoms with Gasteiger partial charge >= 0.3 is 0 Å². The van der Waals surface area contributed by atoms with Crippen LogP contribution in [0.2, 0.25) is 0 Å². The van der Waals surface area contributed by atoms with Crippen LogP contribution in [0.4, 0.5) is 5.69 Å². The van der Waals surface area contributed by atoms with Crippen molar-refractivity contribution >= 4 is 22.6 Å². The van der Waals surface area contributed by atoms with Gasteiger partial charge in [-0.3, -0.25) is 0 Å². The average molecular weight is 318 g/mol. The quantitative estimate of drug-likeness (QED) is 0.384. The Hall–Kier alpha value is -1.47. The number of nitriles is 1. The van der Waals surface area contributed by atoms with Crippen LogP contribution in [-0.4, -0.2) is 18.0 Å². The van der Waals surface area contributed by atoms with Crippen LogP contribution in [0.15, 0.2) is 29.3 Å². The summed E-state index contributed by atoms with van der Waals surface area (Å²) in [6.45, 7) is 3.23. The third-order valence-corrected chi connectivity index (χ3v) is 4.10. The van der Waals surface area contributed by atoms with Gasteiger partial charge in [-0.25, -0.2) is 4.99 Å². The van der Waals surface area contributed by atoms with Gasteiger partial charge in [-0.05, 0) is 36.9 Å². The van der Waals surface area contributed by atoms with Crippen molar-refractivity contribution in [2.24, 2.45) is 4.99 Å². The van der Waals surface area contributed by atoms with Crippen LogP contribution in [0.1, 0.15) is 57.4 Å². The van der Waals surface area contributed by atoms with Crippen molar-refractivity contribution in [3.05, 3.63) is 29.8 Å². The van der Waals surface area contributed by atoms with E-state index in [0.717, 1.165) is 17.4 Å². The van der Waals surface area contributed by atoms with Crippen molar-refractivity contribution in [3.8, 4) is 6.07 Å². The zero-order valence-corrected chi connectivity index (χ0v) is 14.6. The Morgan fingerprint density at radius 2 is 1.73 bits per heavy atom. The molecule has 0 radical (unpaired) electrons. The van der Waals surface area contributed by atoms with E-state index in [1.807, 2.05) is 18.4 Å². The molecule has 0 amide bonds. The lowest BCUT2D eigenvalue weighted by atomic mass is 10.1. The molecule has 0 saturated heterocycles. The lowest BCUT2D eigenvalue weighted by molar-refractivity contribution is 0.586. The molecule has 0 aromatic heterocycles. The van der Waals surface area contributed by atoms with Crippen LogP contribution in [0.25, 0.3) is 0 Å². The fourth-order valence-electron chi connectivity index (χ4n) is 2.16. The van der Waals surface area contributed by atoms with Gasteiger partial charge in [0.05, 0.1) is 17.3 Å². The summed E-state index contributed by atoms with van der Waals surface area (Å²) in [6.07, 6.45) is 11.3. The van der Waals surface area contributed by atoms with Crippen LogP contribution in [0, 0.1) is 11.3 Å². The Kier molecular flexibility index (Phi) is 10.2. The van der Waals surface area contributed by atoms with Crippen molar-refractivity contribution in [1.29, 1.82) is 5.26 Å². The standard InChI is InChI=1S/C18H27N3S/c1-3-4-5-6-7-8-9-14-20-18(22-2)21-17-12-10-16(15-19)11-13-17/h10-13H,3-9,14H2,1-2H3,(H,20,21). The number of hydrogen-bond donors (Lipinski definition) is 1. The highest BCUT2D eigenvalue weighted by atomic mass is 32.2. The molecule has 0 bridgehead atoms. The van der Waals surface area contributed by atoms with E-state index in [9.17, 15) is 0 Å². The number of nitrogens with zero attached hydrogens (tertiary/aromatic N) is 2. The molecular weight excluding hydrogens is 290 g/mol. The number of rotatable bonds is 9. The van der Waals surface area contributed by atoms with E-state index >= 15 is 0 Å². The molecule has 1 N–H and O–H groups in total. The van der Waals surface area contributed by atoms with Crippen LogP contribution in [-0.2, 0) is 0 Å². The number of amidine groups is 1. The highest BCUT2D eigenvalue weighted by Gasteiger charge is 1.98. The van der Waals surface area contributed by atoms with Gasteiger partial charge in [0.15, 0.2) is 5.17 Å². The predicted molar refractivity (Wildman–Crippen MR) is 97.8 cm³/mol. The third kappa shape index (κ3) is 8.09. The Balaban J connectivity index is 2.26. The molecule has 22 heavy (non-hydrogen) atoms. The lowest BCUT2D eigenvalue weighted by Crippen LogP contribution is -2.21. The molecule has 4 heteroatoms. The molecule has 0 spiro atoms. The van der Waals surface area contributed by atoms with E-state index in [-0.39, 0.29) is 0 Å². The minimum atomic E-state index is 0.667. The molecule has 120 valence electrons. The van der Waals surface area contributed by atoms with Gasteiger partial charge in [0.2, 0.25) is 0 Å². The maximum atomic E-state index is 8.79. The van der Waals surface area contributed by atoms with Gasteiger partial charge in [0.1, 0.15) is 0 Å². The molecule has 0 atom stereocenters. The second-order valence-electron chi connectivity index (χ2n) is 5.33. The predicted octanol–water partition coefficient (Wildman–Crippen LogP) is 5.25. The molecule has 3 nitrogen and oxygen atoms in total. The van der Waals surface area contributed by atoms with E-state index in [1.165, 1.54) is 44.9 Å². The van der Waals surface area contributed by atoms with Crippen molar-refractivity contribution in [2.45, 2.75) is 51.9 Å². The Morgan fingerprint density at radius 3 is 2.32 bits per heavy atom. The molecule has 1 aromatic rings. The SMILES string of the molecule is CCCCCCCCCN/C(=N/c1ccc(C#N)cc1)SC. The molecule has 0 heterocycles. The highest BCUT2D eigenvalue weighted by molar-refractivity contribution is 8.13. The second kappa shape index (κ2) is 12.1. The number of hydrogen-bond acceptors (Lipinski definition) is 3. The summed E-state index contributed by atoms with van der Waals surface area (Å²) < 4.78 is 0. The van der Waals surface area contributed by atoms with E-state index in [1.54, 1.807) is 23.9 Å². The maximum absolute atomic E-state index is 8.79. The van der Waals surface area contributed by atoms with Crippen LogP contribution in [0.5, 0.6) is 0 Å². The molecule has 0 fully saturated rings. The Labute approximate surface area is 139 Å². The summed E-state index contributed by atoms with van der Waals surface area (Å²) >= 11 is 1.62. The van der Waals surface area contributed by atoms with Crippen molar-refractivity contribution in [2.75, 3.05) is 12.8 Å². The van der Waals surface area contributed by atoms with Gasteiger partial charge in [-0.1, -0.05) is 57.2 Å². The van der Waals surface area contributed by atoms with Gasteiger partial charge in [-0.15, -0.1) is 0 Å². The monoisotopic (exact) mass is 317 g/mol. The largest absolute Gasteiger partial charge is 0.365 e. The first kappa shape index (κ1) is 18.6. The first-order valence-corrected chi connectivity index (χ1v) is 9.39. The zero-order valence-electron chi connectivity index (χ0n) is 13.8. The fraction of sp³-hybridized carbons (Fsp3) is 0.556. The summed E-state index contributed by atoms with van der Waals surface area (Å²) in [6, 6.07) is 9.47. The maximum Gasteiger partial charge on any atom is 0.161 e. The van der Waals surface area contributed by atoms with Gasteiger partial charge in [-0.2, -0.15) is 5.26 Å². The Morgan fingerprint density at radius 1 is 1.09 bits per heavy atom. The van der Waals surface area contributed by atoms with E-state index < -0.39 is 0 Å². The number of thioether (sulfide) groups is 1. The molecular formula is C18H27N3S. The van der Waals surface area contributed by atoms with E-state index in [2.05, 4.69) is 23.3 Å². The van der Waals surface area contributed by atoms with Gasteiger partial charge in [0, 0.05) is 6.54 Å². The molecule has 0 aliphatic carbocycles. The molecule has 0 saturated carbocycles. The third-order valence-electron chi connectivity index (χ3n) is 3.48. The lowest BCUT2D eigenvalue weighted by Gasteiger charge is -2.07. The number of aliphatic imine (C=N–C) groups is 1. The molecule has 0 aliphatic heterocycles. The summed E-state index contributed by atoms with van der Waals surface area (Å²) in [7, 11) is 0. The van der Waals surface area contributed by atoms with Crippen LogP contribution in [0.3, 0.4) is 0 Å². The number of nitrogens with one attached hydrogen (secondary N) is 1. The number of unbranched alkanes of at least 4 members (excludes halogenated alkanes) is 6. The smallest absolute Gasteiger partial charge is 0.161 e. The minimum absolute atomic E-state index is 0.667. The first-order chi connectivity index (χ1) is 10.8. The zero-order chi connectivity index (χ0) is 16.0. The molecule has 1 aromatic carbocycles. The van der Waals surface area contributed by atoms with Crippen LogP contribution >= 0.6 is 11.8 Å². The molecule has 1 rings (SSSR count). The average Bonchev–Trinajstić information content (AvgIpc) is 2.56. The second-order valence-corrected chi connectivity index (χ2v) is 6.12. The fourth-order valence-corrected chi connectivity index (χ4v) is 2.61. The van der Waals surface area contributed by atoms with E-state index in [0.29, 0.717) is 5.56 Å². The van der Waals surface area contributed by atoms with Gasteiger partial charge in [0.25, 0.3) is 0 Å². The van der Waals surface area contributed by atoms with Crippen molar-refractivity contribution < 1.29 is 0 Å². The summed E-state index contributed by atoms with van der Waals surface area (Å²) in [5, 5.41) is 13.1. The normalized spacial score (nSPS) is 11.2. The topological polar surface area (TPSA) is 48.2 Å². The van der Waals surface area contributed by atoms with Crippen molar-refractivity contribution in [3.63, 3.8) is 0 Å². The summed E-state index contributed by atoms with van der Waals surface area (Å²) in [5.74, 6) is 0. The van der Waals surface area contributed by atoms with E-state index in [4.69, 9.17) is 5.26 Å². The van der Waals surface area contributed by atoms with Crippen molar-refractivity contribution in [1.82, 2.24) is 5.32 Å². The Bertz CT molecular complexity index is 474. The molecule has 0 unspecified atom stereocenters. The highest BCUT2D eigenvalue weighted by Crippen LogP contribution is 2.14. The van der Waals surface area contributed by atoms with Crippen LogP contribution < -0.4 is 5.32 Å².